The van der Waals surface area contributed by atoms with Crippen molar-refractivity contribution in [2.45, 2.75) is 97.6 Å². The number of aliphatic hydroxyl groups is 1. The van der Waals surface area contributed by atoms with Gasteiger partial charge in [0.05, 0.1) is 31.5 Å². The van der Waals surface area contributed by atoms with E-state index in [-0.39, 0.29) is 18.9 Å². The highest BCUT2D eigenvalue weighted by Crippen LogP contribution is 2.30. The number of rotatable bonds is 17. The van der Waals surface area contributed by atoms with Crippen molar-refractivity contribution in [1.82, 2.24) is 30.7 Å². The van der Waals surface area contributed by atoms with Crippen LogP contribution in [-0.4, -0.2) is 99.4 Å². The Bertz CT molecular complexity index is 2050. The maximum atomic E-state index is 14.6. The SMILES string of the molecule is COc1ccccc1CN1CCN([C@H](C(=O)N[C@@H](Cc2ccccc2)[C@@H](O)C[C@@H](Cc2ccc(-c3ccccn3)cc2)NC(=O)[C@@H](NC(=O)O)C(C)(C)C)C(C)(C)C)C1=O. The predicted octanol–water partition coefficient (Wildman–Crippen LogP) is 6.30. The number of para-hydroxylation sites is 1. The van der Waals surface area contributed by atoms with Crippen molar-refractivity contribution in [2.75, 3.05) is 20.2 Å². The number of aromatic nitrogens is 1. The molecule has 1 aliphatic heterocycles. The number of carbonyl (C=O) groups is 4. The molecular weight excluding hydrogens is 761 g/mol. The third-order valence-electron chi connectivity index (χ3n) is 10.8. The molecule has 1 saturated heterocycles. The minimum Gasteiger partial charge on any atom is -0.496 e. The molecule has 60 heavy (non-hydrogen) atoms. The number of benzene rings is 3. The lowest BCUT2D eigenvalue weighted by atomic mass is 9.84. The van der Waals surface area contributed by atoms with Crippen LogP contribution in [0.1, 0.15) is 64.7 Å². The molecule has 0 radical (unpaired) electrons. The normalized spacial score (nSPS) is 15.7. The zero-order valence-electron chi connectivity index (χ0n) is 35.7. The predicted molar refractivity (Wildman–Crippen MR) is 231 cm³/mol. The van der Waals surface area contributed by atoms with Gasteiger partial charge in [-0.1, -0.05) is 120 Å². The van der Waals surface area contributed by atoms with E-state index in [0.717, 1.165) is 27.9 Å². The van der Waals surface area contributed by atoms with Crippen molar-refractivity contribution in [1.29, 1.82) is 0 Å². The van der Waals surface area contributed by atoms with Gasteiger partial charge in [-0.25, -0.2) is 9.59 Å². The number of hydrogen-bond acceptors (Lipinski definition) is 7. The second-order valence-electron chi connectivity index (χ2n) is 17.7. The van der Waals surface area contributed by atoms with Crippen LogP contribution >= 0.6 is 0 Å². The lowest BCUT2D eigenvalue weighted by Gasteiger charge is -2.38. The Morgan fingerprint density at radius 3 is 2.03 bits per heavy atom. The summed E-state index contributed by atoms with van der Waals surface area (Å²) in [6.07, 6.45) is -0.192. The lowest BCUT2D eigenvalue weighted by molar-refractivity contribution is -0.131. The van der Waals surface area contributed by atoms with Crippen LogP contribution in [-0.2, 0) is 29.0 Å². The van der Waals surface area contributed by atoms with Crippen molar-refractivity contribution in [3.63, 3.8) is 0 Å². The minimum atomic E-state index is -1.33. The Kier molecular flexibility index (Phi) is 14.9. The quantitative estimate of drug-likeness (QED) is 0.0826. The molecule has 5 amide bonds. The zero-order valence-corrected chi connectivity index (χ0v) is 35.7. The van der Waals surface area contributed by atoms with E-state index in [0.29, 0.717) is 31.8 Å². The summed E-state index contributed by atoms with van der Waals surface area (Å²) in [7, 11) is 1.59. The van der Waals surface area contributed by atoms with Gasteiger partial charge in [0.2, 0.25) is 11.8 Å². The van der Waals surface area contributed by atoms with Gasteiger partial charge in [-0.2, -0.15) is 0 Å². The van der Waals surface area contributed by atoms with Crippen molar-refractivity contribution < 1.29 is 34.1 Å². The molecular formula is C47H60N6O7. The highest BCUT2D eigenvalue weighted by atomic mass is 16.5. The molecule has 2 heterocycles. The monoisotopic (exact) mass is 820 g/mol. The van der Waals surface area contributed by atoms with Crippen LogP contribution in [0.3, 0.4) is 0 Å². The average Bonchev–Trinajstić information content (AvgIpc) is 3.54. The topological polar surface area (TPSA) is 173 Å². The molecule has 320 valence electrons. The van der Waals surface area contributed by atoms with E-state index in [9.17, 15) is 29.4 Å². The molecule has 0 bridgehead atoms. The molecule has 1 aliphatic rings. The number of amides is 5. The van der Waals surface area contributed by atoms with Crippen LogP contribution in [0.25, 0.3) is 11.3 Å². The van der Waals surface area contributed by atoms with E-state index in [2.05, 4.69) is 20.9 Å². The molecule has 0 saturated carbocycles. The first-order valence-corrected chi connectivity index (χ1v) is 20.4. The van der Waals surface area contributed by atoms with Crippen LogP contribution in [0.2, 0.25) is 0 Å². The number of hydrogen-bond donors (Lipinski definition) is 5. The van der Waals surface area contributed by atoms with Crippen molar-refractivity contribution in [2.24, 2.45) is 10.8 Å². The summed E-state index contributed by atoms with van der Waals surface area (Å²) in [5.74, 6) is -0.261. The lowest BCUT2D eigenvalue weighted by Crippen LogP contribution is -2.59. The summed E-state index contributed by atoms with van der Waals surface area (Å²) in [6.45, 7) is 12.1. The van der Waals surface area contributed by atoms with Gasteiger partial charge in [0.25, 0.3) is 0 Å². The van der Waals surface area contributed by atoms with Gasteiger partial charge in [0, 0.05) is 36.5 Å². The summed E-state index contributed by atoms with van der Waals surface area (Å²) in [5.41, 5.74) is 2.88. The standard InChI is InChI=1S/C47H60N6O7/c1-46(2,3)40(51-44(57)58)42(55)49-35(27-32-20-22-33(23-21-32)36-18-13-14-24-48-36)29-38(54)37(28-31-15-9-8-10-16-31)50-43(56)41(47(4,5)6)53-26-25-52(45(53)59)30-34-17-11-12-19-39(34)60-7/h8-24,35,37-38,40-41,51,54H,25-30H2,1-7H3,(H,49,55)(H,50,56)(H,57,58)/t35-,37+,38+,40-,41-/m1/s1. The summed E-state index contributed by atoms with van der Waals surface area (Å²) < 4.78 is 5.53. The zero-order chi connectivity index (χ0) is 43.6. The van der Waals surface area contributed by atoms with Crippen molar-refractivity contribution in [3.8, 4) is 17.0 Å². The number of ether oxygens (including phenoxy) is 1. The van der Waals surface area contributed by atoms with Gasteiger partial charge in [0.15, 0.2) is 0 Å². The number of carbonyl (C=O) groups excluding carboxylic acids is 3. The van der Waals surface area contributed by atoms with Gasteiger partial charge in [-0.05, 0) is 59.4 Å². The first-order valence-electron chi connectivity index (χ1n) is 20.4. The maximum Gasteiger partial charge on any atom is 0.405 e. The van der Waals surface area contributed by atoms with Gasteiger partial charge in [0.1, 0.15) is 17.8 Å². The van der Waals surface area contributed by atoms with E-state index in [1.54, 1.807) is 43.9 Å². The first-order chi connectivity index (χ1) is 28.4. The number of pyridine rings is 1. The summed E-state index contributed by atoms with van der Waals surface area (Å²) >= 11 is 0. The van der Waals surface area contributed by atoms with E-state index >= 15 is 0 Å². The Hall–Kier alpha value is -5.95. The van der Waals surface area contributed by atoms with Crippen LogP contribution in [0.15, 0.2) is 103 Å². The summed E-state index contributed by atoms with van der Waals surface area (Å²) in [6, 6.07) is 26.7. The number of nitrogens with one attached hydrogen (secondary N) is 3. The number of nitrogens with zero attached hydrogens (tertiary/aromatic N) is 3. The third-order valence-corrected chi connectivity index (χ3v) is 10.8. The Morgan fingerprint density at radius 1 is 0.767 bits per heavy atom. The molecule has 5 N–H and O–H groups in total. The van der Waals surface area contributed by atoms with E-state index < -0.39 is 59.0 Å². The van der Waals surface area contributed by atoms with Crippen LogP contribution < -0.4 is 20.7 Å². The van der Waals surface area contributed by atoms with E-state index in [4.69, 9.17) is 4.74 Å². The summed E-state index contributed by atoms with van der Waals surface area (Å²) in [5, 5.41) is 30.4. The van der Waals surface area contributed by atoms with Crippen LogP contribution in [0.4, 0.5) is 9.59 Å². The second kappa shape index (κ2) is 19.9. The number of carboxylic acid groups (broad SMARTS) is 1. The fraction of sp³-hybridized carbons (Fsp3) is 0.426. The Balaban J connectivity index is 1.41. The molecule has 0 unspecified atom stereocenters. The van der Waals surface area contributed by atoms with Gasteiger partial charge in [-0.3, -0.25) is 14.6 Å². The van der Waals surface area contributed by atoms with E-state index in [1.807, 2.05) is 118 Å². The second-order valence-corrected chi connectivity index (χ2v) is 17.7. The fourth-order valence-electron chi connectivity index (χ4n) is 7.80. The van der Waals surface area contributed by atoms with Gasteiger partial charge < -0.3 is 40.7 Å². The minimum absolute atomic E-state index is 0.0188. The molecule has 0 spiro atoms. The smallest absolute Gasteiger partial charge is 0.405 e. The average molecular weight is 821 g/mol. The largest absolute Gasteiger partial charge is 0.496 e. The van der Waals surface area contributed by atoms with Crippen molar-refractivity contribution >= 4 is 23.9 Å². The Labute approximate surface area is 353 Å². The maximum absolute atomic E-state index is 14.6. The molecule has 1 fully saturated rings. The summed E-state index contributed by atoms with van der Waals surface area (Å²) in [4.78, 5) is 62.1. The number of urea groups is 1. The highest BCUT2D eigenvalue weighted by molar-refractivity contribution is 5.89. The van der Waals surface area contributed by atoms with Gasteiger partial charge in [-0.15, -0.1) is 0 Å². The first kappa shape index (κ1) is 45.1. The molecule has 0 aliphatic carbocycles. The number of methoxy groups -OCH3 is 1. The molecule has 4 aromatic rings. The molecule has 5 rings (SSSR count). The van der Waals surface area contributed by atoms with Crippen LogP contribution in [0, 0.1) is 10.8 Å². The van der Waals surface area contributed by atoms with Crippen LogP contribution in [0.5, 0.6) is 5.75 Å². The third kappa shape index (κ3) is 12.1. The number of aliphatic hydroxyl groups excluding tert-OH is 1. The van der Waals surface area contributed by atoms with Crippen molar-refractivity contribution in [3.05, 3.63) is 120 Å². The molecule has 13 heteroatoms. The molecule has 3 aromatic carbocycles. The molecule has 1 aromatic heterocycles. The molecule has 5 atom stereocenters. The Morgan fingerprint density at radius 2 is 1.42 bits per heavy atom. The molecule has 13 nitrogen and oxygen atoms in total. The van der Waals surface area contributed by atoms with Gasteiger partial charge >= 0.3 is 12.1 Å². The fourth-order valence-corrected chi connectivity index (χ4v) is 7.80. The highest BCUT2D eigenvalue weighted by Gasteiger charge is 2.44. The van der Waals surface area contributed by atoms with E-state index in [1.165, 1.54) is 0 Å².